The van der Waals surface area contributed by atoms with Gasteiger partial charge in [0.15, 0.2) is 0 Å². The fourth-order valence-electron chi connectivity index (χ4n) is 1.91. The topological polar surface area (TPSA) is 90.0 Å². The maximum atomic E-state index is 12.0. The second-order valence-electron chi connectivity index (χ2n) is 4.55. The van der Waals surface area contributed by atoms with E-state index in [1.165, 1.54) is 7.05 Å². The molecule has 2 atom stereocenters. The quantitative estimate of drug-likeness (QED) is 0.723. The molecule has 0 rings (SSSR count). The Morgan fingerprint density at radius 2 is 1.65 bits per heavy atom. The number of urea groups is 1. The molecule has 0 aliphatic heterocycles. The summed E-state index contributed by atoms with van der Waals surface area (Å²) in [6.45, 7) is 8.14. The Hall–Kier alpha value is -1.79. The van der Waals surface area contributed by atoms with Crippen molar-refractivity contribution in [1.29, 1.82) is 0 Å². The van der Waals surface area contributed by atoms with Crippen molar-refractivity contribution in [3.63, 3.8) is 0 Å². The van der Waals surface area contributed by atoms with Crippen LogP contribution in [0.2, 0.25) is 0 Å². The average molecular weight is 287 g/mol. The summed E-state index contributed by atoms with van der Waals surface area (Å²) in [5.74, 6) is -1.24. The van der Waals surface area contributed by atoms with Crippen LogP contribution in [0.15, 0.2) is 0 Å². The highest BCUT2D eigenvalue weighted by molar-refractivity contribution is 5.88. The van der Waals surface area contributed by atoms with Crippen LogP contribution in [0.5, 0.6) is 0 Å². The normalized spacial score (nSPS) is 13.2. The van der Waals surface area contributed by atoms with Gasteiger partial charge in [-0.15, -0.1) is 0 Å². The number of nitrogens with one attached hydrogen (secondary N) is 1. The molecule has 3 amide bonds. The number of likely N-dealkylation sites (N-methyl/N-ethyl adjacent to an activating group) is 2. The molecule has 0 spiro atoms. The van der Waals surface area contributed by atoms with Crippen LogP contribution in [0.4, 0.5) is 4.79 Å². The summed E-state index contributed by atoms with van der Waals surface area (Å²) >= 11 is 0. The molecule has 7 heteroatoms. The fraction of sp³-hybridized carbons (Fsp3) is 0.769. The van der Waals surface area contributed by atoms with Crippen molar-refractivity contribution in [2.45, 2.75) is 46.2 Å². The van der Waals surface area contributed by atoms with Gasteiger partial charge in [-0.25, -0.2) is 9.59 Å². The van der Waals surface area contributed by atoms with Crippen LogP contribution in [0, 0.1) is 0 Å². The predicted octanol–water partition coefficient (Wildman–Crippen LogP) is 0.748. The van der Waals surface area contributed by atoms with Crippen molar-refractivity contribution in [3.8, 4) is 0 Å². The molecule has 0 aliphatic rings. The van der Waals surface area contributed by atoms with E-state index in [1.807, 2.05) is 13.8 Å². The molecular formula is C13H25N3O4. The van der Waals surface area contributed by atoms with Crippen molar-refractivity contribution in [1.82, 2.24) is 15.1 Å². The van der Waals surface area contributed by atoms with Gasteiger partial charge in [0.25, 0.3) is 0 Å². The largest absolute Gasteiger partial charge is 0.480 e. The molecule has 0 aromatic heterocycles. The number of carbonyl (C=O) groups is 3. The molecule has 2 N–H and O–H groups in total. The Morgan fingerprint density at radius 3 is 2.00 bits per heavy atom. The number of carbonyl (C=O) groups excluding carboxylic acids is 2. The number of hydrogen-bond donors (Lipinski definition) is 2. The third-order valence-electron chi connectivity index (χ3n) is 3.25. The van der Waals surface area contributed by atoms with E-state index in [-0.39, 0.29) is 5.91 Å². The lowest BCUT2D eigenvalue weighted by Gasteiger charge is -2.28. The number of nitrogens with zero attached hydrogens (tertiary/aromatic N) is 2. The van der Waals surface area contributed by atoms with Gasteiger partial charge >= 0.3 is 12.0 Å². The van der Waals surface area contributed by atoms with Crippen LogP contribution >= 0.6 is 0 Å². The van der Waals surface area contributed by atoms with Crippen molar-refractivity contribution in [2.75, 3.05) is 20.1 Å². The Balaban J connectivity index is 4.67. The molecule has 0 aliphatic carbocycles. The van der Waals surface area contributed by atoms with E-state index >= 15 is 0 Å². The Bertz CT molecular complexity index is 356. The summed E-state index contributed by atoms with van der Waals surface area (Å²) < 4.78 is 0. The van der Waals surface area contributed by atoms with Crippen LogP contribution in [-0.4, -0.2) is 65.0 Å². The second-order valence-corrected chi connectivity index (χ2v) is 4.55. The first-order chi connectivity index (χ1) is 9.29. The van der Waals surface area contributed by atoms with E-state index in [2.05, 4.69) is 5.32 Å². The van der Waals surface area contributed by atoms with E-state index in [4.69, 9.17) is 5.11 Å². The highest BCUT2D eigenvalue weighted by Crippen LogP contribution is 2.03. The maximum absolute atomic E-state index is 12.0. The number of carboxylic acid groups (broad SMARTS) is 1. The standard InChI is InChI=1S/C13H25N3O4/c1-6-10(12(18)19)15(5)13(20)14-9(4)11(17)16(7-2)8-3/h9-10H,6-8H2,1-5H3,(H,14,20)(H,18,19). The Morgan fingerprint density at radius 1 is 1.15 bits per heavy atom. The zero-order valence-corrected chi connectivity index (χ0v) is 12.8. The van der Waals surface area contributed by atoms with Gasteiger partial charge in [-0.05, 0) is 27.2 Å². The van der Waals surface area contributed by atoms with Gasteiger partial charge in [-0.1, -0.05) is 6.92 Å². The minimum Gasteiger partial charge on any atom is -0.480 e. The summed E-state index contributed by atoms with van der Waals surface area (Å²) in [5.41, 5.74) is 0. The van der Waals surface area contributed by atoms with Gasteiger partial charge < -0.3 is 20.2 Å². The molecule has 0 heterocycles. The summed E-state index contributed by atoms with van der Waals surface area (Å²) in [5, 5.41) is 11.5. The van der Waals surface area contributed by atoms with Crippen molar-refractivity contribution >= 4 is 17.9 Å². The molecule has 2 unspecified atom stereocenters. The van der Waals surface area contributed by atoms with Crippen LogP contribution in [0.1, 0.15) is 34.1 Å². The van der Waals surface area contributed by atoms with E-state index in [0.29, 0.717) is 19.5 Å². The molecule has 0 aromatic rings. The van der Waals surface area contributed by atoms with Crippen LogP contribution in [-0.2, 0) is 9.59 Å². The highest BCUT2D eigenvalue weighted by atomic mass is 16.4. The number of carboxylic acids is 1. The van der Waals surface area contributed by atoms with E-state index in [0.717, 1.165) is 4.90 Å². The van der Waals surface area contributed by atoms with Gasteiger partial charge in [0.05, 0.1) is 0 Å². The second kappa shape index (κ2) is 8.39. The van der Waals surface area contributed by atoms with Gasteiger partial charge in [0.2, 0.25) is 5.91 Å². The van der Waals surface area contributed by atoms with Crippen LogP contribution in [0.25, 0.3) is 0 Å². The monoisotopic (exact) mass is 287 g/mol. The van der Waals surface area contributed by atoms with Gasteiger partial charge in [-0.2, -0.15) is 0 Å². The number of rotatable bonds is 7. The SMILES string of the molecule is CCC(C(=O)O)N(C)C(=O)NC(C)C(=O)N(CC)CC. The zero-order chi connectivity index (χ0) is 15.9. The fourth-order valence-corrected chi connectivity index (χ4v) is 1.91. The Kier molecular flexibility index (Phi) is 7.64. The minimum atomic E-state index is -1.06. The molecular weight excluding hydrogens is 262 g/mol. The summed E-state index contributed by atoms with van der Waals surface area (Å²) in [6, 6.07) is -2.14. The Labute approximate surface area is 119 Å². The molecule has 0 saturated heterocycles. The number of amides is 3. The van der Waals surface area contributed by atoms with Crippen LogP contribution in [0.3, 0.4) is 0 Å². The molecule has 116 valence electrons. The van der Waals surface area contributed by atoms with Crippen molar-refractivity contribution in [3.05, 3.63) is 0 Å². The lowest BCUT2D eigenvalue weighted by atomic mass is 10.2. The number of aliphatic carboxylic acids is 1. The predicted molar refractivity (Wildman–Crippen MR) is 75.4 cm³/mol. The third-order valence-corrected chi connectivity index (χ3v) is 3.25. The van der Waals surface area contributed by atoms with Gasteiger partial charge in [-0.3, -0.25) is 4.79 Å². The maximum Gasteiger partial charge on any atom is 0.326 e. The summed E-state index contributed by atoms with van der Waals surface area (Å²) in [4.78, 5) is 37.7. The molecule has 0 bridgehead atoms. The van der Waals surface area contributed by atoms with Gasteiger partial charge in [0, 0.05) is 20.1 Å². The van der Waals surface area contributed by atoms with E-state index < -0.39 is 24.1 Å². The first-order valence-electron chi connectivity index (χ1n) is 6.84. The minimum absolute atomic E-state index is 0.180. The number of hydrogen-bond acceptors (Lipinski definition) is 3. The van der Waals surface area contributed by atoms with Crippen LogP contribution < -0.4 is 5.32 Å². The molecule has 0 saturated carbocycles. The van der Waals surface area contributed by atoms with E-state index in [1.54, 1.807) is 18.7 Å². The molecule has 7 nitrogen and oxygen atoms in total. The highest BCUT2D eigenvalue weighted by Gasteiger charge is 2.27. The molecule has 20 heavy (non-hydrogen) atoms. The zero-order valence-electron chi connectivity index (χ0n) is 12.8. The van der Waals surface area contributed by atoms with Crippen molar-refractivity contribution < 1.29 is 19.5 Å². The lowest BCUT2D eigenvalue weighted by molar-refractivity contribution is -0.141. The van der Waals surface area contributed by atoms with Gasteiger partial charge in [0.1, 0.15) is 12.1 Å². The van der Waals surface area contributed by atoms with Crippen molar-refractivity contribution in [2.24, 2.45) is 0 Å². The van der Waals surface area contributed by atoms with E-state index in [9.17, 15) is 14.4 Å². The first kappa shape index (κ1) is 18.2. The first-order valence-corrected chi connectivity index (χ1v) is 6.84. The lowest BCUT2D eigenvalue weighted by Crippen LogP contribution is -2.53. The molecule has 0 fully saturated rings. The summed E-state index contributed by atoms with van der Waals surface area (Å²) in [7, 11) is 1.41. The third kappa shape index (κ3) is 4.71. The molecule has 0 radical (unpaired) electrons. The summed E-state index contributed by atoms with van der Waals surface area (Å²) in [6.07, 6.45) is 0.303. The average Bonchev–Trinajstić information content (AvgIpc) is 2.39. The molecule has 0 aromatic carbocycles. The smallest absolute Gasteiger partial charge is 0.326 e.